The summed E-state index contributed by atoms with van der Waals surface area (Å²) in [6.07, 6.45) is 2.87. The van der Waals surface area contributed by atoms with E-state index in [1.807, 2.05) is 48.5 Å². The largest absolute Gasteiger partial charge is 0.460 e. The number of amides is 5. The number of carbonyl (C=O) groups is 5. The predicted octanol–water partition coefficient (Wildman–Crippen LogP) is 1.88. The third kappa shape index (κ3) is 8.40. The zero-order chi connectivity index (χ0) is 31.1. The summed E-state index contributed by atoms with van der Waals surface area (Å²) in [5.74, 6) is -1.73. The number of nitrogens with one attached hydrogen (secondary N) is 3. The number of primary amides is 1. The summed E-state index contributed by atoms with van der Waals surface area (Å²) >= 11 is 0. The molecule has 0 saturated carbocycles. The number of hydrogen-bond acceptors (Lipinski definition) is 7. The summed E-state index contributed by atoms with van der Waals surface area (Å²) in [7, 11) is 0. The number of rotatable bonds is 10. The molecule has 2 aliphatic heterocycles. The minimum absolute atomic E-state index is 0.223. The van der Waals surface area contributed by atoms with Crippen molar-refractivity contribution >= 4 is 41.6 Å². The quantitative estimate of drug-likeness (QED) is 0.187. The molecule has 2 heterocycles. The van der Waals surface area contributed by atoms with Crippen LogP contribution in [0.5, 0.6) is 0 Å². The van der Waals surface area contributed by atoms with Gasteiger partial charge >= 0.3 is 12.0 Å². The molecule has 0 bridgehead atoms. The lowest BCUT2D eigenvalue weighted by molar-refractivity contribution is -0.155. The second kappa shape index (κ2) is 13.5. The molecule has 43 heavy (non-hydrogen) atoms. The molecule has 0 spiro atoms. The first-order valence-electron chi connectivity index (χ1n) is 14.3. The topological polar surface area (TPSA) is 172 Å². The fourth-order valence-corrected chi connectivity index (χ4v) is 5.32. The Bertz CT molecular complexity index is 1400. The highest BCUT2D eigenvalue weighted by Gasteiger charge is 2.44. The van der Waals surface area contributed by atoms with Crippen LogP contribution >= 0.6 is 0 Å². The third-order valence-electron chi connectivity index (χ3n) is 7.09. The highest BCUT2D eigenvalue weighted by Crippen LogP contribution is 2.39. The molecule has 2 aliphatic rings. The molecule has 2 aromatic rings. The van der Waals surface area contributed by atoms with Crippen LogP contribution in [0.4, 0.5) is 10.5 Å². The Balaban J connectivity index is 1.51. The van der Waals surface area contributed by atoms with Gasteiger partial charge in [0.05, 0.1) is 18.2 Å². The van der Waals surface area contributed by atoms with Gasteiger partial charge in [-0.1, -0.05) is 48.5 Å². The zero-order valence-corrected chi connectivity index (χ0v) is 24.6. The number of aryl methyl sites for hydroxylation is 2. The Morgan fingerprint density at radius 2 is 1.81 bits per heavy atom. The Morgan fingerprint density at radius 1 is 1.09 bits per heavy atom. The normalized spacial score (nSPS) is 18.4. The van der Waals surface area contributed by atoms with Crippen molar-refractivity contribution in [2.75, 3.05) is 4.90 Å². The molecular weight excluding hydrogens is 552 g/mol. The molecule has 0 fully saturated rings. The van der Waals surface area contributed by atoms with Crippen molar-refractivity contribution in [3.8, 4) is 0 Å². The van der Waals surface area contributed by atoms with Crippen LogP contribution < -0.4 is 26.7 Å². The van der Waals surface area contributed by atoms with Gasteiger partial charge < -0.3 is 21.1 Å². The molecule has 0 saturated heterocycles. The first-order valence-corrected chi connectivity index (χ1v) is 14.3. The van der Waals surface area contributed by atoms with Crippen molar-refractivity contribution < 1.29 is 28.7 Å². The number of anilines is 1. The van der Waals surface area contributed by atoms with Gasteiger partial charge in [-0.15, -0.1) is 0 Å². The molecule has 228 valence electrons. The molecule has 12 heteroatoms. The van der Waals surface area contributed by atoms with Gasteiger partial charge in [0.25, 0.3) is 0 Å². The van der Waals surface area contributed by atoms with E-state index < -0.39 is 41.6 Å². The summed E-state index contributed by atoms with van der Waals surface area (Å²) in [6, 6.07) is 11.7. The number of hydrogen-bond donors (Lipinski definition) is 4. The Kier molecular flexibility index (Phi) is 9.79. The molecule has 0 radical (unpaired) electrons. The van der Waals surface area contributed by atoms with E-state index in [4.69, 9.17) is 10.5 Å². The van der Waals surface area contributed by atoms with E-state index in [1.54, 1.807) is 20.8 Å². The molecule has 3 atom stereocenters. The fourth-order valence-electron chi connectivity index (χ4n) is 5.32. The van der Waals surface area contributed by atoms with Crippen molar-refractivity contribution in [3.05, 3.63) is 65.2 Å². The summed E-state index contributed by atoms with van der Waals surface area (Å²) in [5, 5.41) is 9.37. The van der Waals surface area contributed by atoms with E-state index in [0.717, 1.165) is 16.7 Å². The van der Waals surface area contributed by atoms with Crippen molar-refractivity contribution in [1.82, 2.24) is 16.1 Å². The number of carbonyl (C=O) groups excluding carboxylic acids is 5. The highest BCUT2D eigenvalue weighted by molar-refractivity contribution is 6.08. The van der Waals surface area contributed by atoms with Gasteiger partial charge in [-0.3, -0.25) is 24.1 Å². The van der Waals surface area contributed by atoms with Crippen LogP contribution in [0.25, 0.3) is 0 Å². The molecular formula is C31H38N6O6. The summed E-state index contributed by atoms with van der Waals surface area (Å²) < 4.78 is 5.38. The molecule has 0 aromatic heterocycles. The third-order valence-corrected chi connectivity index (χ3v) is 7.09. The summed E-state index contributed by atoms with van der Waals surface area (Å²) in [5.41, 5.74) is 9.84. The molecule has 0 aliphatic carbocycles. The fraction of sp³-hybridized carbons (Fsp3) is 0.419. The van der Waals surface area contributed by atoms with E-state index in [9.17, 15) is 24.0 Å². The zero-order valence-electron chi connectivity index (χ0n) is 24.6. The van der Waals surface area contributed by atoms with Gasteiger partial charge in [0.1, 0.15) is 17.7 Å². The van der Waals surface area contributed by atoms with Gasteiger partial charge in [0.15, 0.2) is 0 Å². The maximum atomic E-state index is 13.9. The average molecular weight is 591 g/mol. The molecule has 2 aromatic carbocycles. The lowest BCUT2D eigenvalue weighted by Gasteiger charge is -2.29. The minimum atomic E-state index is -0.965. The van der Waals surface area contributed by atoms with E-state index in [2.05, 4.69) is 21.2 Å². The number of nitrogens with zero attached hydrogens (tertiary/aromatic N) is 2. The van der Waals surface area contributed by atoms with Crippen LogP contribution in [0.2, 0.25) is 0 Å². The predicted molar refractivity (Wildman–Crippen MR) is 160 cm³/mol. The number of hydrazone groups is 1. The van der Waals surface area contributed by atoms with E-state index in [-0.39, 0.29) is 31.1 Å². The maximum absolute atomic E-state index is 13.9. The van der Waals surface area contributed by atoms with Crippen LogP contribution in [0.15, 0.2) is 53.6 Å². The highest BCUT2D eigenvalue weighted by atomic mass is 16.6. The number of para-hydroxylation sites is 1. The van der Waals surface area contributed by atoms with Gasteiger partial charge in [-0.25, -0.2) is 10.2 Å². The lowest BCUT2D eigenvalue weighted by Crippen LogP contribution is -2.56. The standard InChI is InChI=1S/C31H38N6O6/c1-31(2,3)43-26(39)17-22(18-33-36-30(32)42)34-28(40)24-16-21-11-7-10-20-13-14-23(29(41)37(24)27(20)21)35-25(38)15-12-19-8-5-4-6-9-19/h4-11,18,22-24H,12-17H2,1-3H3,(H,34,40)(H,35,38)(H3,32,36,42)/b33-18+/t22-,23+,24+/m1/s1. The Morgan fingerprint density at radius 3 is 2.51 bits per heavy atom. The smallest absolute Gasteiger partial charge is 0.332 e. The minimum Gasteiger partial charge on any atom is -0.460 e. The lowest BCUT2D eigenvalue weighted by atomic mass is 10.0. The molecule has 5 N–H and O–H groups in total. The maximum Gasteiger partial charge on any atom is 0.332 e. The molecule has 12 nitrogen and oxygen atoms in total. The van der Waals surface area contributed by atoms with Crippen LogP contribution in [-0.2, 0) is 43.2 Å². The average Bonchev–Trinajstić information content (AvgIpc) is 3.27. The van der Waals surface area contributed by atoms with Crippen LogP contribution in [0.3, 0.4) is 0 Å². The van der Waals surface area contributed by atoms with E-state index >= 15 is 0 Å². The van der Waals surface area contributed by atoms with Crippen molar-refractivity contribution in [2.45, 2.75) is 83.0 Å². The molecule has 5 amide bonds. The van der Waals surface area contributed by atoms with E-state index in [0.29, 0.717) is 24.9 Å². The number of esters is 1. The van der Waals surface area contributed by atoms with Crippen molar-refractivity contribution in [1.29, 1.82) is 0 Å². The van der Waals surface area contributed by atoms with Crippen LogP contribution in [-0.4, -0.2) is 59.7 Å². The van der Waals surface area contributed by atoms with Crippen molar-refractivity contribution in [2.24, 2.45) is 10.8 Å². The molecule has 0 unspecified atom stereocenters. The van der Waals surface area contributed by atoms with Crippen LogP contribution in [0.1, 0.15) is 56.7 Å². The van der Waals surface area contributed by atoms with Crippen LogP contribution in [0, 0.1) is 0 Å². The second-order valence-electron chi connectivity index (χ2n) is 11.7. The second-order valence-corrected chi connectivity index (χ2v) is 11.7. The molecule has 4 rings (SSSR count). The first-order chi connectivity index (χ1) is 20.4. The monoisotopic (exact) mass is 590 g/mol. The Hall–Kier alpha value is -4.74. The van der Waals surface area contributed by atoms with Gasteiger partial charge in [0.2, 0.25) is 17.7 Å². The van der Waals surface area contributed by atoms with Gasteiger partial charge in [0, 0.05) is 19.1 Å². The summed E-state index contributed by atoms with van der Waals surface area (Å²) in [6.45, 7) is 5.16. The SMILES string of the molecule is CC(C)(C)OC(=O)C[C@H](/C=N/NC(N)=O)NC(=O)[C@@H]1Cc2cccc3c2N1C(=O)[C@@H](NC(=O)CCc1ccccc1)CC3. The van der Waals surface area contributed by atoms with Gasteiger partial charge in [-0.2, -0.15) is 5.10 Å². The number of benzene rings is 2. The first kappa shape index (κ1) is 31.2. The number of ether oxygens (including phenoxy) is 1. The van der Waals surface area contributed by atoms with E-state index in [1.165, 1.54) is 11.1 Å². The Labute approximate surface area is 250 Å². The van der Waals surface area contributed by atoms with Gasteiger partial charge in [-0.05, 0) is 56.7 Å². The number of urea groups is 1. The summed E-state index contributed by atoms with van der Waals surface area (Å²) in [4.78, 5) is 65.7. The van der Waals surface area contributed by atoms with Crippen molar-refractivity contribution in [3.63, 3.8) is 0 Å². The number of nitrogens with two attached hydrogens (primary N) is 1.